The molecule has 0 aliphatic carbocycles. The minimum absolute atomic E-state index is 0.138. The molecular weight excluding hydrogens is 294 g/mol. The summed E-state index contributed by atoms with van der Waals surface area (Å²) < 4.78 is 4.72. The molecule has 0 saturated carbocycles. The predicted octanol–water partition coefficient (Wildman–Crippen LogP) is 2.11. The molecule has 1 aromatic heterocycles. The van der Waals surface area contributed by atoms with Crippen LogP contribution in [0.2, 0.25) is 0 Å². The van der Waals surface area contributed by atoms with Crippen LogP contribution in [0.4, 0.5) is 4.79 Å². The smallest absolute Gasteiger partial charge is 0.325 e. The summed E-state index contributed by atoms with van der Waals surface area (Å²) in [7, 11) is 0. The zero-order valence-electron chi connectivity index (χ0n) is 12.9. The molecule has 0 radical (unpaired) electrons. The van der Waals surface area contributed by atoms with Crippen molar-refractivity contribution in [1.29, 1.82) is 0 Å². The second kappa shape index (κ2) is 8.53. The molecule has 0 aliphatic heterocycles. The summed E-state index contributed by atoms with van der Waals surface area (Å²) in [6, 6.07) is 11.3. The number of ether oxygens (including phenoxy) is 1. The zero-order valence-corrected chi connectivity index (χ0v) is 12.9. The Morgan fingerprint density at radius 3 is 2.30 bits per heavy atom. The van der Waals surface area contributed by atoms with Gasteiger partial charge < -0.3 is 15.4 Å². The molecule has 2 aromatic rings. The zero-order chi connectivity index (χ0) is 16.5. The van der Waals surface area contributed by atoms with Crippen molar-refractivity contribution in [2.75, 3.05) is 13.2 Å². The number of nitrogens with zero attached hydrogens (tertiary/aromatic N) is 1. The van der Waals surface area contributed by atoms with E-state index in [-0.39, 0.29) is 6.54 Å². The summed E-state index contributed by atoms with van der Waals surface area (Å²) in [6.07, 6.45) is 3.50. The van der Waals surface area contributed by atoms with Crippen LogP contribution in [0.15, 0.2) is 48.8 Å². The van der Waals surface area contributed by atoms with Crippen molar-refractivity contribution in [2.24, 2.45) is 0 Å². The van der Waals surface area contributed by atoms with Crippen LogP contribution in [0.3, 0.4) is 0 Å². The van der Waals surface area contributed by atoms with Crippen LogP contribution in [0.1, 0.15) is 12.5 Å². The lowest BCUT2D eigenvalue weighted by molar-refractivity contribution is -0.141. The van der Waals surface area contributed by atoms with Crippen molar-refractivity contribution in [3.05, 3.63) is 54.4 Å². The molecule has 0 unspecified atom stereocenters. The van der Waals surface area contributed by atoms with Gasteiger partial charge in [-0.15, -0.1) is 0 Å². The Kier molecular flexibility index (Phi) is 6.11. The molecule has 2 amide bonds. The van der Waals surface area contributed by atoms with Gasteiger partial charge in [0.25, 0.3) is 0 Å². The molecule has 120 valence electrons. The van der Waals surface area contributed by atoms with Crippen LogP contribution in [-0.4, -0.2) is 30.1 Å². The minimum atomic E-state index is -0.454. The maximum atomic E-state index is 11.6. The number of carbonyl (C=O) groups excluding carboxylic acids is 2. The van der Waals surface area contributed by atoms with E-state index >= 15 is 0 Å². The van der Waals surface area contributed by atoms with E-state index < -0.39 is 12.0 Å². The number of hydrogen-bond donors (Lipinski definition) is 2. The molecule has 0 aliphatic rings. The van der Waals surface area contributed by atoms with Crippen LogP contribution >= 0.6 is 0 Å². The van der Waals surface area contributed by atoms with E-state index in [1.165, 1.54) is 0 Å². The highest BCUT2D eigenvalue weighted by Crippen LogP contribution is 2.18. The van der Waals surface area contributed by atoms with Gasteiger partial charge in [0.05, 0.1) is 6.61 Å². The maximum Gasteiger partial charge on any atom is 0.325 e. The molecule has 1 heterocycles. The number of benzene rings is 1. The average molecular weight is 313 g/mol. The first-order valence-electron chi connectivity index (χ1n) is 7.35. The van der Waals surface area contributed by atoms with Crippen molar-refractivity contribution in [2.45, 2.75) is 13.5 Å². The highest BCUT2D eigenvalue weighted by atomic mass is 16.5. The number of rotatable bonds is 6. The molecule has 0 atom stereocenters. The normalized spacial score (nSPS) is 9.96. The first-order valence-corrected chi connectivity index (χ1v) is 7.35. The van der Waals surface area contributed by atoms with E-state index in [0.29, 0.717) is 13.2 Å². The van der Waals surface area contributed by atoms with Crippen molar-refractivity contribution >= 4 is 12.0 Å². The van der Waals surface area contributed by atoms with Crippen LogP contribution in [0.25, 0.3) is 11.1 Å². The molecule has 0 fully saturated rings. The number of hydrogen-bond acceptors (Lipinski definition) is 4. The van der Waals surface area contributed by atoms with Crippen molar-refractivity contribution < 1.29 is 14.3 Å². The Morgan fingerprint density at radius 2 is 1.65 bits per heavy atom. The molecule has 2 rings (SSSR count). The molecule has 1 aromatic carbocycles. The van der Waals surface area contributed by atoms with Crippen LogP contribution in [-0.2, 0) is 16.1 Å². The Hall–Kier alpha value is -2.89. The number of pyridine rings is 1. The third kappa shape index (κ3) is 5.43. The summed E-state index contributed by atoms with van der Waals surface area (Å²) >= 11 is 0. The van der Waals surface area contributed by atoms with Gasteiger partial charge in [0.1, 0.15) is 6.54 Å². The van der Waals surface area contributed by atoms with Gasteiger partial charge in [0.2, 0.25) is 0 Å². The van der Waals surface area contributed by atoms with Gasteiger partial charge in [0, 0.05) is 18.9 Å². The third-order valence-electron chi connectivity index (χ3n) is 3.12. The number of aromatic nitrogens is 1. The highest BCUT2D eigenvalue weighted by Gasteiger charge is 2.05. The van der Waals surface area contributed by atoms with Crippen LogP contribution in [0, 0.1) is 0 Å². The molecule has 6 heteroatoms. The second-order valence-electron chi connectivity index (χ2n) is 4.77. The fourth-order valence-corrected chi connectivity index (χ4v) is 1.97. The third-order valence-corrected chi connectivity index (χ3v) is 3.12. The van der Waals surface area contributed by atoms with Gasteiger partial charge in [-0.05, 0) is 35.7 Å². The molecule has 0 saturated heterocycles. The van der Waals surface area contributed by atoms with Crippen molar-refractivity contribution in [3.8, 4) is 11.1 Å². The molecular formula is C17H19N3O3. The lowest BCUT2D eigenvalue weighted by Gasteiger charge is -2.08. The predicted molar refractivity (Wildman–Crippen MR) is 86.5 cm³/mol. The number of urea groups is 1. The summed E-state index contributed by atoms with van der Waals surface area (Å²) in [6.45, 7) is 2.26. The molecule has 0 bridgehead atoms. The topological polar surface area (TPSA) is 80.3 Å². The Morgan fingerprint density at radius 1 is 1.00 bits per heavy atom. The van der Waals surface area contributed by atoms with E-state index in [0.717, 1.165) is 16.7 Å². The van der Waals surface area contributed by atoms with E-state index in [1.807, 2.05) is 36.4 Å². The highest BCUT2D eigenvalue weighted by molar-refractivity contribution is 5.80. The van der Waals surface area contributed by atoms with Crippen molar-refractivity contribution in [1.82, 2.24) is 15.6 Å². The van der Waals surface area contributed by atoms with Gasteiger partial charge in [-0.1, -0.05) is 24.3 Å². The molecule has 6 nitrogen and oxygen atoms in total. The first-order chi connectivity index (χ1) is 11.2. The summed E-state index contributed by atoms with van der Waals surface area (Å²) in [5.41, 5.74) is 3.14. The lowest BCUT2D eigenvalue weighted by atomic mass is 10.1. The van der Waals surface area contributed by atoms with E-state index in [9.17, 15) is 9.59 Å². The second-order valence-corrected chi connectivity index (χ2v) is 4.77. The van der Waals surface area contributed by atoms with E-state index in [2.05, 4.69) is 15.6 Å². The van der Waals surface area contributed by atoms with Crippen molar-refractivity contribution in [3.63, 3.8) is 0 Å². The van der Waals surface area contributed by atoms with E-state index in [4.69, 9.17) is 4.74 Å². The number of carbonyl (C=O) groups is 2. The largest absolute Gasteiger partial charge is 0.465 e. The standard InChI is InChI=1S/C17H19N3O3/c1-2-23-16(21)12-20-17(22)19-11-13-3-5-14(6-4-13)15-7-9-18-10-8-15/h3-10H,2,11-12H2,1H3,(H2,19,20,22). The van der Waals surface area contributed by atoms with Gasteiger partial charge >= 0.3 is 12.0 Å². The summed E-state index contributed by atoms with van der Waals surface area (Å²) in [5, 5.41) is 5.13. The lowest BCUT2D eigenvalue weighted by Crippen LogP contribution is -2.38. The number of esters is 1. The van der Waals surface area contributed by atoms with Gasteiger partial charge in [-0.25, -0.2) is 4.79 Å². The first kappa shape index (κ1) is 16.5. The quantitative estimate of drug-likeness (QED) is 0.800. The van der Waals surface area contributed by atoms with Crippen LogP contribution in [0.5, 0.6) is 0 Å². The van der Waals surface area contributed by atoms with Crippen LogP contribution < -0.4 is 10.6 Å². The van der Waals surface area contributed by atoms with Gasteiger partial charge in [-0.3, -0.25) is 9.78 Å². The SMILES string of the molecule is CCOC(=O)CNC(=O)NCc1ccc(-c2ccncc2)cc1. The molecule has 23 heavy (non-hydrogen) atoms. The number of amides is 2. The Balaban J connectivity index is 1.80. The fraction of sp³-hybridized carbons (Fsp3) is 0.235. The van der Waals surface area contributed by atoms with E-state index in [1.54, 1.807) is 19.3 Å². The Labute approximate surface area is 134 Å². The number of nitrogens with one attached hydrogen (secondary N) is 2. The molecule has 0 spiro atoms. The maximum absolute atomic E-state index is 11.6. The Bertz CT molecular complexity index is 642. The molecule has 2 N–H and O–H groups in total. The average Bonchev–Trinajstić information content (AvgIpc) is 2.59. The fourth-order valence-electron chi connectivity index (χ4n) is 1.97. The monoisotopic (exact) mass is 313 g/mol. The van der Waals surface area contributed by atoms with Gasteiger partial charge in [-0.2, -0.15) is 0 Å². The van der Waals surface area contributed by atoms with Gasteiger partial charge in [0.15, 0.2) is 0 Å². The summed E-state index contributed by atoms with van der Waals surface area (Å²) in [5.74, 6) is -0.454. The minimum Gasteiger partial charge on any atom is -0.465 e. The summed E-state index contributed by atoms with van der Waals surface area (Å²) in [4.78, 5) is 26.7.